The quantitative estimate of drug-likeness (QED) is 0.0924. The van der Waals surface area contributed by atoms with Gasteiger partial charge in [0.1, 0.15) is 11.1 Å². The van der Waals surface area contributed by atoms with E-state index in [9.17, 15) is 28.8 Å². The van der Waals surface area contributed by atoms with Gasteiger partial charge in [-0.05, 0) is 101 Å². The number of hydrogen-bond acceptors (Lipinski definition) is 13. The number of nitrogens with one attached hydrogen (secondary N) is 3. The number of anilines is 2. The zero-order valence-electron chi connectivity index (χ0n) is 36.7. The highest BCUT2D eigenvalue weighted by atomic mass is 32.1. The van der Waals surface area contributed by atoms with Crippen molar-refractivity contribution in [2.75, 3.05) is 37.9 Å². The summed E-state index contributed by atoms with van der Waals surface area (Å²) in [5, 5.41) is 15.5. The number of carbonyl (C=O) groups excluding carboxylic acids is 6. The third-order valence-electron chi connectivity index (χ3n) is 11.1. The van der Waals surface area contributed by atoms with Crippen LogP contribution in [-0.2, 0) is 19.2 Å². The molecule has 5 amide bonds. The van der Waals surface area contributed by atoms with E-state index in [1.807, 2.05) is 23.5 Å². The molecule has 0 saturated carbocycles. The first kappa shape index (κ1) is 47.7. The van der Waals surface area contributed by atoms with E-state index in [4.69, 9.17) is 20.9 Å². The molecule has 0 aliphatic carbocycles. The van der Waals surface area contributed by atoms with Crippen LogP contribution < -0.4 is 36.9 Å². The van der Waals surface area contributed by atoms with E-state index in [-0.39, 0.29) is 46.2 Å². The molecule has 0 bridgehead atoms. The van der Waals surface area contributed by atoms with E-state index >= 15 is 0 Å². The van der Waals surface area contributed by atoms with Crippen LogP contribution in [0.15, 0.2) is 83.8 Å². The molecule has 65 heavy (non-hydrogen) atoms. The van der Waals surface area contributed by atoms with Crippen molar-refractivity contribution in [3.05, 3.63) is 106 Å². The molecule has 16 nitrogen and oxygen atoms in total. The lowest BCUT2D eigenvalue weighted by molar-refractivity contribution is -0.146. The topological polar surface area (TPSA) is 238 Å². The summed E-state index contributed by atoms with van der Waals surface area (Å²) < 4.78 is 12.4. The Bertz CT molecular complexity index is 2710. The molecule has 8 rings (SSSR count). The number of benzene rings is 2. The number of aromatic nitrogens is 2. The number of nitrogens with zero attached hydrogens (tertiary/aromatic N) is 3. The van der Waals surface area contributed by atoms with Crippen molar-refractivity contribution in [2.24, 2.45) is 23.3 Å². The van der Waals surface area contributed by atoms with Crippen molar-refractivity contribution < 1.29 is 38.2 Å². The summed E-state index contributed by atoms with van der Waals surface area (Å²) in [7, 11) is 2.70. The SMILES string of the molecule is COc1ncc(NC(=O)C(=O)N2C[C@@H](C)CC[C@@H]2c2csc3ccccc23)cc1C(N)=O.COc1ncc(NC(=O)C(C)=O)cc1C(N)=O.C[C@H]1CC[C@H](c2csc3ccccc23)NC1. The fourth-order valence-corrected chi connectivity index (χ4v) is 9.77. The number of fused-ring (bicyclic) bond motifs is 2. The summed E-state index contributed by atoms with van der Waals surface area (Å²) >= 11 is 3.51. The molecule has 2 aromatic carbocycles. The lowest BCUT2D eigenvalue weighted by Crippen LogP contribution is -2.46. The van der Waals surface area contributed by atoms with Gasteiger partial charge in [0.05, 0.1) is 44.0 Å². The van der Waals surface area contributed by atoms with E-state index < -0.39 is 35.3 Å². The van der Waals surface area contributed by atoms with Crippen LogP contribution in [0.25, 0.3) is 20.2 Å². The van der Waals surface area contributed by atoms with Crippen LogP contribution in [0.2, 0.25) is 0 Å². The molecule has 18 heteroatoms. The van der Waals surface area contributed by atoms with E-state index in [1.165, 1.54) is 67.2 Å². The molecule has 6 heterocycles. The molecular formula is C47H52N8O8S2. The number of rotatable bonds is 9. The van der Waals surface area contributed by atoms with Gasteiger partial charge in [-0.25, -0.2) is 9.97 Å². The summed E-state index contributed by atoms with van der Waals surface area (Å²) in [4.78, 5) is 80.1. The molecule has 0 spiro atoms. The normalized spacial score (nSPS) is 18.0. The Morgan fingerprint density at radius 3 is 1.72 bits per heavy atom. The standard InChI is InChI=1S/C23H24N4O4S.C14H17NS.C10H11N3O4/c1-13-7-8-18(17-12-32-19-6-4-3-5-15(17)19)27(11-13)23(30)21(29)26-14-9-16(20(24)28)22(31-2)25-10-14;1-10-6-7-13(15-8-10)12-9-16-14-5-3-2-4-11(12)14;1-5(14)9(16)13-6-3-7(8(11)15)10(17-2)12-4-6/h3-6,9-10,12-13,18H,7-8,11H2,1-2H3,(H2,24,28)(H,26,29);2-5,9-10,13,15H,6-8H2,1H3;3-4H,1-2H3,(H2,11,15)(H,13,16)/t13-,18+;10-,13+;/m00./s1. The van der Waals surface area contributed by atoms with Gasteiger partial charge in [0, 0.05) is 28.9 Å². The summed E-state index contributed by atoms with van der Waals surface area (Å²) in [5.74, 6) is -3.11. The number of ether oxygens (including phenoxy) is 2. The Hall–Kier alpha value is -6.76. The average Bonchev–Trinajstić information content (AvgIpc) is 3.94. The number of amides is 5. The van der Waals surface area contributed by atoms with Crippen LogP contribution >= 0.6 is 22.7 Å². The maximum absolute atomic E-state index is 13.2. The van der Waals surface area contributed by atoms with Crippen molar-refractivity contribution >= 4 is 89.5 Å². The molecule has 0 unspecified atom stereocenters. The molecule has 2 saturated heterocycles. The van der Waals surface area contributed by atoms with Gasteiger partial charge >= 0.3 is 11.8 Å². The maximum atomic E-state index is 13.2. The first-order valence-electron chi connectivity index (χ1n) is 21.0. The number of pyridine rings is 2. The van der Waals surface area contributed by atoms with E-state index in [0.29, 0.717) is 12.6 Å². The van der Waals surface area contributed by atoms with Crippen LogP contribution in [0.3, 0.4) is 0 Å². The smallest absolute Gasteiger partial charge is 0.313 e. The fourth-order valence-electron chi connectivity index (χ4n) is 7.74. The Kier molecular flexibility index (Phi) is 16.0. The second-order valence-electron chi connectivity index (χ2n) is 15.9. The van der Waals surface area contributed by atoms with Crippen molar-refractivity contribution in [3.63, 3.8) is 0 Å². The van der Waals surface area contributed by atoms with Gasteiger partial charge in [0.25, 0.3) is 17.7 Å². The first-order valence-corrected chi connectivity index (χ1v) is 22.7. The van der Waals surface area contributed by atoms with Crippen molar-refractivity contribution in [2.45, 2.75) is 58.5 Å². The largest absolute Gasteiger partial charge is 0.480 e. The van der Waals surface area contributed by atoms with Gasteiger partial charge in [-0.2, -0.15) is 0 Å². The Morgan fingerprint density at radius 2 is 1.22 bits per heavy atom. The van der Waals surface area contributed by atoms with Crippen LogP contribution in [0.5, 0.6) is 11.8 Å². The minimum absolute atomic E-state index is 0.0203. The molecule has 7 N–H and O–H groups in total. The predicted octanol–water partition coefficient (Wildman–Crippen LogP) is 7.02. The summed E-state index contributed by atoms with van der Waals surface area (Å²) in [6.45, 7) is 7.19. The average molecular weight is 921 g/mol. The summed E-state index contributed by atoms with van der Waals surface area (Å²) in [6.07, 6.45) is 6.97. The van der Waals surface area contributed by atoms with Gasteiger partial charge in [0.15, 0.2) is 0 Å². The Balaban J connectivity index is 0.000000178. The predicted molar refractivity (Wildman–Crippen MR) is 252 cm³/mol. The van der Waals surface area contributed by atoms with Crippen LogP contribution in [0.1, 0.15) is 90.4 Å². The number of Topliss-reactive ketones (excluding diaryl/α,β-unsaturated/α-hetero) is 1. The molecule has 2 aliphatic heterocycles. The van der Waals surface area contributed by atoms with Gasteiger partial charge in [-0.15, -0.1) is 22.7 Å². The van der Waals surface area contributed by atoms with Crippen molar-refractivity contribution in [3.8, 4) is 11.8 Å². The highest BCUT2D eigenvalue weighted by molar-refractivity contribution is 7.17. The number of thiophene rings is 2. The minimum atomic E-state index is -0.799. The van der Waals surface area contributed by atoms with Gasteiger partial charge in [-0.1, -0.05) is 50.2 Å². The number of piperidine rings is 2. The van der Waals surface area contributed by atoms with Crippen LogP contribution in [0.4, 0.5) is 11.4 Å². The number of methoxy groups -OCH3 is 2. The second kappa shape index (κ2) is 21.7. The number of hydrogen-bond donors (Lipinski definition) is 5. The molecule has 4 atom stereocenters. The number of primary amides is 2. The van der Waals surface area contributed by atoms with Crippen molar-refractivity contribution in [1.29, 1.82) is 0 Å². The van der Waals surface area contributed by atoms with E-state index in [2.05, 4.69) is 86.9 Å². The third kappa shape index (κ3) is 11.7. The lowest BCUT2D eigenvalue weighted by Gasteiger charge is -2.38. The number of nitrogens with two attached hydrogens (primary N) is 2. The highest BCUT2D eigenvalue weighted by Crippen LogP contribution is 2.40. The molecular weight excluding hydrogens is 869 g/mol. The highest BCUT2D eigenvalue weighted by Gasteiger charge is 2.35. The summed E-state index contributed by atoms with van der Waals surface area (Å²) in [5.41, 5.74) is 13.5. The van der Waals surface area contributed by atoms with Crippen molar-refractivity contribution in [1.82, 2.24) is 20.2 Å². The van der Waals surface area contributed by atoms with E-state index in [0.717, 1.165) is 47.9 Å². The van der Waals surface area contributed by atoms with Crippen LogP contribution in [-0.4, -0.2) is 77.5 Å². The summed E-state index contributed by atoms with van der Waals surface area (Å²) in [6, 6.07) is 19.9. The molecule has 6 aromatic rings. The zero-order valence-corrected chi connectivity index (χ0v) is 38.3. The zero-order chi connectivity index (χ0) is 46.8. The van der Waals surface area contributed by atoms with Crippen LogP contribution in [0, 0.1) is 11.8 Å². The monoisotopic (exact) mass is 920 g/mol. The number of ketones is 1. The van der Waals surface area contributed by atoms with E-state index in [1.54, 1.807) is 16.2 Å². The lowest BCUT2D eigenvalue weighted by atomic mass is 9.89. The van der Waals surface area contributed by atoms with Gasteiger partial charge in [-0.3, -0.25) is 28.8 Å². The molecule has 2 fully saturated rings. The molecule has 0 radical (unpaired) electrons. The number of likely N-dealkylation sites (tertiary alicyclic amines) is 1. The fraction of sp³-hybridized carbons (Fsp3) is 0.319. The third-order valence-corrected chi connectivity index (χ3v) is 13.1. The Morgan fingerprint density at radius 1 is 0.708 bits per heavy atom. The number of carbonyl (C=O) groups is 6. The molecule has 2 aliphatic rings. The first-order chi connectivity index (χ1) is 31.2. The minimum Gasteiger partial charge on any atom is -0.480 e. The maximum Gasteiger partial charge on any atom is 0.313 e. The Labute approximate surface area is 384 Å². The second-order valence-corrected chi connectivity index (χ2v) is 17.8. The molecule has 340 valence electrons. The molecule has 4 aromatic heterocycles. The van der Waals surface area contributed by atoms with Gasteiger partial charge < -0.3 is 41.8 Å². The van der Waals surface area contributed by atoms with Gasteiger partial charge in [0.2, 0.25) is 17.5 Å².